The Morgan fingerprint density at radius 1 is 1.30 bits per heavy atom. The van der Waals surface area contributed by atoms with Crippen LogP contribution in [0.5, 0.6) is 0 Å². The van der Waals surface area contributed by atoms with Crippen molar-refractivity contribution in [2.45, 2.75) is 32.2 Å². The van der Waals surface area contributed by atoms with Crippen molar-refractivity contribution < 1.29 is 4.79 Å². The number of carbonyl (C=O) groups excluding carboxylic acids is 1. The first-order valence-corrected chi connectivity index (χ1v) is 6.96. The number of aromatic nitrogens is 2. The van der Waals surface area contributed by atoms with Crippen molar-refractivity contribution in [1.29, 1.82) is 0 Å². The predicted molar refractivity (Wildman–Crippen MR) is 79.4 cm³/mol. The number of amides is 1. The minimum absolute atomic E-state index is 0.0278. The van der Waals surface area contributed by atoms with Gasteiger partial charge in [0, 0.05) is 30.5 Å². The van der Waals surface area contributed by atoms with E-state index in [-0.39, 0.29) is 11.9 Å². The Morgan fingerprint density at radius 3 is 2.75 bits per heavy atom. The molecule has 0 bridgehead atoms. The molecule has 2 rings (SSSR count). The topological polar surface area (TPSA) is 80.9 Å². The Bertz CT molecular complexity index is 585. The highest BCUT2D eigenvalue weighted by Gasteiger charge is 2.12. The summed E-state index contributed by atoms with van der Waals surface area (Å²) in [5, 5.41) is 2.97. The predicted octanol–water partition coefficient (Wildman–Crippen LogP) is 1.88. The number of hydrogen-bond donors (Lipinski definition) is 2. The summed E-state index contributed by atoms with van der Waals surface area (Å²) >= 11 is 0. The summed E-state index contributed by atoms with van der Waals surface area (Å²) in [6.07, 6.45) is 6.32. The molecule has 3 N–H and O–H groups in total. The molecule has 1 unspecified atom stereocenters. The molecule has 20 heavy (non-hydrogen) atoms. The van der Waals surface area contributed by atoms with Gasteiger partial charge in [0.15, 0.2) is 0 Å². The van der Waals surface area contributed by atoms with E-state index in [1.807, 2.05) is 0 Å². The van der Waals surface area contributed by atoms with Crippen LogP contribution in [0.1, 0.15) is 36.5 Å². The van der Waals surface area contributed by atoms with Gasteiger partial charge >= 0.3 is 0 Å². The quantitative estimate of drug-likeness (QED) is 0.841. The maximum atomic E-state index is 12.2. The Balaban J connectivity index is 2.10. The van der Waals surface area contributed by atoms with Crippen molar-refractivity contribution in [2.24, 2.45) is 5.73 Å². The molecular formula is C15H20N4O. The maximum Gasteiger partial charge on any atom is 0.251 e. The molecule has 0 saturated carbocycles. The lowest BCUT2D eigenvalue weighted by Crippen LogP contribution is -2.40. The molecule has 2 aromatic rings. The van der Waals surface area contributed by atoms with E-state index < -0.39 is 0 Å². The molecule has 0 radical (unpaired) electrons. The van der Waals surface area contributed by atoms with Gasteiger partial charge < -0.3 is 11.1 Å². The number of nitrogens with zero attached hydrogens (tertiary/aromatic N) is 2. The largest absolute Gasteiger partial charge is 0.348 e. The van der Waals surface area contributed by atoms with Crippen molar-refractivity contribution in [3.8, 4) is 0 Å². The first kappa shape index (κ1) is 14.4. The van der Waals surface area contributed by atoms with Gasteiger partial charge in [0.05, 0.1) is 11.0 Å². The minimum Gasteiger partial charge on any atom is -0.348 e. The molecule has 0 saturated heterocycles. The van der Waals surface area contributed by atoms with E-state index in [1.165, 1.54) is 0 Å². The molecule has 5 nitrogen and oxygen atoms in total. The van der Waals surface area contributed by atoms with Gasteiger partial charge in [-0.15, -0.1) is 0 Å². The van der Waals surface area contributed by atoms with Gasteiger partial charge in [-0.2, -0.15) is 0 Å². The summed E-state index contributed by atoms with van der Waals surface area (Å²) in [6, 6.07) is 5.35. The fraction of sp³-hybridized carbons (Fsp3) is 0.400. The number of nitrogens with one attached hydrogen (secondary N) is 1. The van der Waals surface area contributed by atoms with Crippen LogP contribution in [0.15, 0.2) is 30.6 Å². The van der Waals surface area contributed by atoms with Crippen LogP contribution < -0.4 is 11.1 Å². The van der Waals surface area contributed by atoms with E-state index in [0.717, 1.165) is 30.3 Å². The van der Waals surface area contributed by atoms with Crippen molar-refractivity contribution in [1.82, 2.24) is 15.3 Å². The molecule has 1 aromatic heterocycles. The lowest BCUT2D eigenvalue weighted by atomic mass is 10.1. The highest BCUT2D eigenvalue weighted by atomic mass is 16.1. The maximum absolute atomic E-state index is 12.2. The van der Waals surface area contributed by atoms with Crippen LogP contribution in [0.25, 0.3) is 11.0 Å². The highest BCUT2D eigenvalue weighted by Crippen LogP contribution is 2.11. The van der Waals surface area contributed by atoms with Gasteiger partial charge in [-0.25, -0.2) is 0 Å². The Hall–Kier alpha value is -2.01. The summed E-state index contributed by atoms with van der Waals surface area (Å²) in [4.78, 5) is 20.6. The fourth-order valence-electron chi connectivity index (χ4n) is 2.07. The van der Waals surface area contributed by atoms with E-state index in [1.54, 1.807) is 30.6 Å². The first-order valence-electron chi connectivity index (χ1n) is 6.96. The smallest absolute Gasteiger partial charge is 0.251 e. The molecule has 0 fully saturated rings. The third-order valence-electron chi connectivity index (χ3n) is 3.26. The number of benzene rings is 1. The zero-order valence-corrected chi connectivity index (χ0v) is 11.7. The Labute approximate surface area is 118 Å². The summed E-state index contributed by atoms with van der Waals surface area (Å²) < 4.78 is 0. The van der Waals surface area contributed by atoms with E-state index in [9.17, 15) is 4.79 Å². The monoisotopic (exact) mass is 272 g/mol. The lowest BCUT2D eigenvalue weighted by Gasteiger charge is -2.16. The normalized spacial score (nSPS) is 12.3. The third-order valence-corrected chi connectivity index (χ3v) is 3.26. The fourth-order valence-corrected chi connectivity index (χ4v) is 2.07. The molecule has 0 aliphatic carbocycles. The van der Waals surface area contributed by atoms with Crippen LogP contribution in [0.4, 0.5) is 0 Å². The van der Waals surface area contributed by atoms with Gasteiger partial charge in [-0.05, 0) is 24.6 Å². The summed E-state index contributed by atoms with van der Waals surface area (Å²) in [5.74, 6) is -0.107. The molecule has 0 aliphatic heterocycles. The summed E-state index contributed by atoms with van der Waals surface area (Å²) in [5.41, 5.74) is 7.79. The summed E-state index contributed by atoms with van der Waals surface area (Å²) in [7, 11) is 0. The molecule has 1 heterocycles. The molecule has 0 aliphatic rings. The van der Waals surface area contributed by atoms with Gasteiger partial charge in [-0.3, -0.25) is 14.8 Å². The summed E-state index contributed by atoms with van der Waals surface area (Å²) in [6.45, 7) is 2.58. The second-order valence-electron chi connectivity index (χ2n) is 4.81. The van der Waals surface area contributed by atoms with Crippen LogP contribution in [0.2, 0.25) is 0 Å². The van der Waals surface area contributed by atoms with Gasteiger partial charge in [0.25, 0.3) is 5.91 Å². The van der Waals surface area contributed by atoms with Crippen LogP contribution >= 0.6 is 0 Å². The number of fused-ring (bicyclic) bond motifs is 1. The average Bonchev–Trinajstić information content (AvgIpc) is 2.50. The van der Waals surface area contributed by atoms with Gasteiger partial charge in [-0.1, -0.05) is 19.8 Å². The SMILES string of the molecule is CCCCC(CN)NC(=O)c1ccc2nccnc2c1. The van der Waals surface area contributed by atoms with Crippen LogP contribution in [0, 0.1) is 0 Å². The number of rotatable bonds is 6. The lowest BCUT2D eigenvalue weighted by molar-refractivity contribution is 0.0936. The van der Waals surface area contributed by atoms with Gasteiger partial charge in [0.2, 0.25) is 0 Å². The molecule has 5 heteroatoms. The average molecular weight is 272 g/mol. The minimum atomic E-state index is -0.107. The molecule has 1 aromatic carbocycles. The number of unbranched alkanes of at least 4 members (excludes halogenated alkanes) is 1. The Morgan fingerprint density at radius 2 is 2.05 bits per heavy atom. The van der Waals surface area contributed by atoms with E-state index >= 15 is 0 Å². The molecule has 1 amide bonds. The second kappa shape index (κ2) is 6.96. The van der Waals surface area contributed by atoms with E-state index in [0.29, 0.717) is 12.1 Å². The van der Waals surface area contributed by atoms with Crippen molar-refractivity contribution in [3.63, 3.8) is 0 Å². The zero-order valence-electron chi connectivity index (χ0n) is 11.7. The second-order valence-corrected chi connectivity index (χ2v) is 4.81. The van der Waals surface area contributed by atoms with Gasteiger partial charge in [0.1, 0.15) is 0 Å². The number of carbonyl (C=O) groups is 1. The van der Waals surface area contributed by atoms with E-state index in [2.05, 4.69) is 22.2 Å². The molecular weight excluding hydrogens is 252 g/mol. The van der Waals surface area contributed by atoms with Crippen LogP contribution in [-0.4, -0.2) is 28.5 Å². The van der Waals surface area contributed by atoms with E-state index in [4.69, 9.17) is 5.73 Å². The highest BCUT2D eigenvalue weighted by molar-refractivity contribution is 5.97. The first-order chi connectivity index (χ1) is 9.74. The van der Waals surface area contributed by atoms with Crippen LogP contribution in [-0.2, 0) is 0 Å². The zero-order chi connectivity index (χ0) is 14.4. The standard InChI is InChI=1S/C15H20N4O/c1-2-3-4-12(10-16)19-15(20)11-5-6-13-14(9-11)18-8-7-17-13/h5-9,12H,2-4,10,16H2,1H3,(H,19,20). The third kappa shape index (κ3) is 3.51. The number of hydrogen-bond acceptors (Lipinski definition) is 4. The molecule has 1 atom stereocenters. The Kier molecular flexibility index (Phi) is 5.01. The van der Waals surface area contributed by atoms with Crippen LogP contribution in [0.3, 0.4) is 0 Å². The van der Waals surface area contributed by atoms with Crippen molar-refractivity contribution >= 4 is 16.9 Å². The molecule has 0 spiro atoms. The van der Waals surface area contributed by atoms with Crippen molar-refractivity contribution in [3.05, 3.63) is 36.2 Å². The van der Waals surface area contributed by atoms with Crippen molar-refractivity contribution in [2.75, 3.05) is 6.54 Å². The number of nitrogens with two attached hydrogens (primary N) is 1. The molecule has 106 valence electrons.